The van der Waals surface area contributed by atoms with E-state index in [1.165, 1.54) is 6.07 Å². The summed E-state index contributed by atoms with van der Waals surface area (Å²) in [6.45, 7) is 28.3. The highest BCUT2D eigenvalue weighted by atomic mass is 15.0. The number of anilines is 3. The highest BCUT2D eigenvalue weighted by Crippen LogP contribution is 2.37. The van der Waals surface area contributed by atoms with Crippen molar-refractivity contribution in [1.82, 2.24) is 9.55 Å². The third-order valence-corrected chi connectivity index (χ3v) is 5.36. The maximum atomic E-state index is 7.14. The number of rotatable bonds is 3. The van der Waals surface area contributed by atoms with Gasteiger partial charge in [0.15, 0.2) is 22.7 Å². The van der Waals surface area contributed by atoms with E-state index in [0.29, 0.717) is 28.4 Å². The Labute approximate surface area is 214 Å². The molecule has 0 aliphatic rings. The van der Waals surface area contributed by atoms with E-state index in [1.54, 1.807) is 24.5 Å². The number of benzene rings is 4. The highest BCUT2D eigenvalue weighted by Gasteiger charge is 2.10. The molecule has 3 N–H and O–H groups in total. The van der Waals surface area contributed by atoms with Crippen molar-refractivity contribution in [1.29, 1.82) is 0 Å². The van der Waals surface area contributed by atoms with Crippen LogP contribution in [0.15, 0.2) is 91.3 Å². The lowest BCUT2D eigenvalue weighted by atomic mass is 10.2. The van der Waals surface area contributed by atoms with Crippen LogP contribution in [0.25, 0.3) is 36.1 Å². The number of para-hydroxylation sites is 2. The largest absolute Gasteiger partial charge is 0.398 e. The van der Waals surface area contributed by atoms with E-state index < -0.39 is 0 Å². The summed E-state index contributed by atoms with van der Waals surface area (Å²) < 4.78 is 1.91. The van der Waals surface area contributed by atoms with Crippen LogP contribution in [-0.2, 0) is 0 Å². The number of fused-ring (bicyclic) bond motifs is 1. The van der Waals surface area contributed by atoms with E-state index >= 15 is 0 Å². The number of hydrogen-bond donors (Lipinski definition) is 2. The molecule has 0 radical (unpaired) electrons. The molecule has 0 saturated carbocycles. The quantitative estimate of drug-likeness (QED) is 0.203. The van der Waals surface area contributed by atoms with E-state index in [0.717, 1.165) is 22.4 Å². The third-order valence-electron chi connectivity index (χ3n) is 5.36. The molecular formula is C29H18N8. The van der Waals surface area contributed by atoms with Crippen LogP contribution < -0.4 is 11.1 Å². The van der Waals surface area contributed by atoms with Crippen molar-refractivity contribution in [2.75, 3.05) is 11.1 Å². The zero-order chi connectivity index (χ0) is 26.2. The summed E-state index contributed by atoms with van der Waals surface area (Å²) in [7, 11) is 0. The Kier molecular flexibility index (Phi) is 7.08. The first-order valence-electron chi connectivity index (χ1n) is 10.9. The first kappa shape index (κ1) is 24.0. The van der Waals surface area contributed by atoms with Gasteiger partial charge in [0.25, 0.3) is 0 Å². The van der Waals surface area contributed by atoms with Crippen molar-refractivity contribution in [3.05, 3.63) is 137 Å². The Balaban J connectivity index is 0.000000173. The minimum atomic E-state index is 0.279. The molecular weight excluding hydrogens is 460 g/mol. The molecule has 174 valence electrons. The van der Waals surface area contributed by atoms with Gasteiger partial charge in [0.05, 0.1) is 37.3 Å². The summed E-state index contributed by atoms with van der Waals surface area (Å²) in [5.41, 5.74) is 11.7. The molecule has 0 spiro atoms. The fourth-order valence-corrected chi connectivity index (χ4v) is 3.56. The van der Waals surface area contributed by atoms with Crippen LogP contribution in [0.2, 0.25) is 0 Å². The summed E-state index contributed by atoms with van der Waals surface area (Å²) in [5, 5.41) is 3.13. The van der Waals surface area contributed by atoms with Crippen LogP contribution in [0, 0.1) is 26.3 Å². The van der Waals surface area contributed by atoms with Gasteiger partial charge < -0.3 is 15.6 Å². The molecule has 8 heteroatoms. The van der Waals surface area contributed by atoms with Gasteiger partial charge in [0.1, 0.15) is 6.33 Å². The van der Waals surface area contributed by atoms with Crippen LogP contribution in [0.5, 0.6) is 0 Å². The number of nitrogens with zero attached hydrogens (tertiary/aromatic N) is 6. The van der Waals surface area contributed by atoms with Crippen LogP contribution >= 0.6 is 0 Å². The van der Waals surface area contributed by atoms with Crippen molar-refractivity contribution >= 4 is 50.8 Å². The second-order valence-corrected chi connectivity index (χ2v) is 7.65. The van der Waals surface area contributed by atoms with E-state index in [1.807, 2.05) is 65.2 Å². The molecule has 1 aromatic heterocycles. The molecule has 5 rings (SSSR count). The molecule has 0 amide bonds. The lowest BCUT2D eigenvalue weighted by Gasteiger charge is -2.10. The summed E-state index contributed by atoms with van der Waals surface area (Å²) in [6, 6.07) is 25.8. The average Bonchev–Trinajstić information content (AvgIpc) is 3.37. The van der Waals surface area contributed by atoms with Gasteiger partial charge in [0, 0.05) is 22.7 Å². The van der Waals surface area contributed by atoms with E-state index in [9.17, 15) is 0 Å². The molecule has 0 fully saturated rings. The summed E-state index contributed by atoms with van der Waals surface area (Å²) >= 11 is 0. The summed E-state index contributed by atoms with van der Waals surface area (Å²) in [5.74, 6) is 0. The topological polar surface area (TPSA) is 73.3 Å². The van der Waals surface area contributed by atoms with Crippen LogP contribution in [-0.4, -0.2) is 9.55 Å². The third kappa shape index (κ3) is 5.20. The maximum absolute atomic E-state index is 7.14. The molecule has 0 unspecified atom stereocenters. The minimum Gasteiger partial charge on any atom is -0.398 e. The number of nitrogen functional groups attached to an aromatic ring is 1. The Bertz CT molecular complexity index is 1740. The Hall–Kier alpha value is -6.09. The number of imidazole rings is 1. The Morgan fingerprint density at radius 3 is 1.84 bits per heavy atom. The predicted molar refractivity (Wildman–Crippen MR) is 147 cm³/mol. The summed E-state index contributed by atoms with van der Waals surface area (Å²) in [6.07, 6.45) is 1.71. The standard InChI is InChI=1S/C15H8N4.C14H10N4/c1-16-12-8-14-15(9-13(12)17-2)19(10-18-14)11-6-4-3-5-7-11;1-16-13-8-11(15)12(9-14(13)17-2)18-10-6-4-3-5-7-10/h3-10H;3-9,18H,15H2. The lowest BCUT2D eigenvalue weighted by Crippen LogP contribution is -1.95. The number of aromatic nitrogens is 2. The van der Waals surface area contributed by atoms with Crippen LogP contribution in [0.1, 0.15) is 0 Å². The fraction of sp³-hybridized carbons (Fsp3) is 0. The molecule has 37 heavy (non-hydrogen) atoms. The smallest absolute Gasteiger partial charge is 0.196 e. The number of hydrogen-bond acceptors (Lipinski definition) is 3. The molecule has 0 bridgehead atoms. The molecule has 8 nitrogen and oxygen atoms in total. The normalized spacial score (nSPS) is 9.62. The average molecular weight is 479 g/mol. The van der Waals surface area contributed by atoms with E-state index in [2.05, 4.69) is 29.7 Å². The van der Waals surface area contributed by atoms with E-state index in [-0.39, 0.29) is 5.69 Å². The van der Waals surface area contributed by atoms with Crippen molar-refractivity contribution in [3.63, 3.8) is 0 Å². The van der Waals surface area contributed by atoms with Gasteiger partial charge >= 0.3 is 0 Å². The molecule has 4 aromatic carbocycles. The molecule has 0 aliphatic heterocycles. The first-order chi connectivity index (χ1) is 18.1. The molecule has 0 atom stereocenters. The second kappa shape index (κ2) is 10.9. The molecule has 0 aliphatic carbocycles. The Morgan fingerprint density at radius 1 is 0.676 bits per heavy atom. The van der Waals surface area contributed by atoms with Gasteiger partial charge in [-0.05, 0) is 48.5 Å². The zero-order valence-electron chi connectivity index (χ0n) is 19.4. The molecule has 1 heterocycles. The lowest BCUT2D eigenvalue weighted by molar-refractivity contribution is 1.09. The summed E-state index contributed by atoms with van der Waals surface area (Å²) in [4.78, 5) is 17.7. The molecule has 0 saturated heterocycles. The van der Waals surface area contributed by atoms with Crippen LogP contribution in [0.4, 0.5) is 39.8 Å². The van der Waals surface area contributed by atoms with Gasteiger partial charge in [0.2, 0.25) is 0 Å². The number of nitrogens with two attached hydrogens (primary N) is 1. The van der Waals surface area contributed by atoms with Gasteiger partial charge in [-0.3, -0.25) is 19.4 Å². The van der Waals surface area contributed by atoms with E-state index in [4.69, 9.17) is 32.0 Å². The van der Waals surface area contributed by atoms with Gasteiger partial charge in [-0.1, -0.05) is 36.4 Å². The first-order valence-corrected chi connectivity index (χ1v) is 10.9. The minimum absolute atomic E-state index is 0.279. The van der Waals surface area contributed by atoms with Gasteiger partial charge in [-0.2, -0.15) is 0 Å². The predicted octanol–water partition coefficient (Wildman–Crippen LogP) is 8.24. The van der Waals surface area contributed by atoms with Crippen LogP contribution in [0.3, 0.4) is 0 Å². The Morgan fingerprint density at radius 2 is 1.22 bits per heavy atom. The van der Waals surface area contributed by atoms with Crippen molar-refractivity contribution in [2.45, 2.75) is 0 Å². The second-order valence-electron chi connectivity index (χ2n) is 7.65. The fourth-order valence-electron chi connectivity index (χ4n) is 3.56. The zero-order valence-corrected chi connectivity index (χ0v) is 19.4. The van der Waals surface area contributed by atoms with Crippen molar-refractivity contribution < 1.29 is 0 Å². The van der Waals surface area contributed by atoms with Gasteiger partial charge in [-0.15, -0.1) is 0 Å². The maximum Gasteiger partial charge on any atom is 0.196 e. The number of nitrogens with one attached hydrogen (secondary N) is 1. The van der Waals surface area contributed by atoms with Crippen molar-refractivity contribution in [3.8, 4) is 5.69 Å². The monoisotopic (exact) mass is 478 g/mol. The highest BCUT2D eigenvalue weighted by molar-refractivity contribution is 5.89. The SMILES string of the molecule is [C-]#[N+]c1cc(N)c(Nc2ccccc2)cc1[N+]#[C-].[C-]#[N+]c1cc2ncn(-c3ccccc3)c2cc1[N+]#[C-]. The van der Waals surface area contributed by atoms with Crippen molar-refractivity contribution in [2.24, 2.45) is 0 Å². The van der Waals surface area contributed by atoms with Gasteiger partial charge in [-0.25, -0.2) is 4.98 Å². The molecule has 5 aromatic rings.